The lowest BCUT2D eigenvalue weighted by Gasteiger charge is -2.14. The number of hydrogen-bond acceptors (Lipinski definition) is 4. The third kappa shape index (κ3) is 3.11. The number of anilines is 1. The van der Waals surface area contributed by atoms with Gasteiger partial charge in [-0.3, -0.25) is 4.79 Å². The SMILES string of the molecule is Cn1ncc(NCCC2=CCOCC2)c(Cl)c1=O. The van der Waals surface area contributed by atoms with E-state index in [4.69, 9.17) is 16.3 Å². The van der Waals surface area contributed by atoms with Crippen molar-refractivity contribution in [2.75, 3.05) is 25.1 Å². The molecular formula is C12H16ClN3O2. The summed E-state index contributed by atoms with van der Waals surface area (Å²) < 4.78 is 6.46. The van der Waals surface area contributed by atoms with Crippen LogP contribution in [0.5, 0.6) is 0 Å². The Kier molecular flexibility index (Phi) is 4.38. The maximum atomic E-state index is 11.6. The number of nitrogens with zero attached hydrogens (tertiary/aromatic N) is 2. The molecule has 0 fully saturated rings. The zero-order valence-corrected chi connectivity index (χ0v) is 11.0. The van der Waals surface area contributed by atoms with Gasteiger partial charge in [-0.1, -0.05) is 23.3 Å². The minimum absolute atomic E-state index is 0.188. The van der Waals surface area contributed by atoms with E-state index in [-0.39, 0.29) is 10.6 Å². The average Bonchev–Trinajstić information content (AvgIpc) is 2.40. The summed E-state index contributed by atoms with van der Waals surface area (Å²) in [6, 6.07) is 0. The Labute approximate surface area is 110 Å². The first-order valence-corrected chi connectivity index (χ1v) is 6.27. The monoisotopic (exact) mass is 269 g/mol. The van der Waals surface area contributed by atoms with E-state index in [9.17, 15) is 4.79 Å². The molecule has 0 saturated carbocycles. The number of ether oxygens (including phenoxy) is 1. The van der Waals surface area contributed by atoms with E-state index >= 15 is 0 Å². The Bertz CT molecular complexity index is 511. The molecule has 0 radical (unpaired) electrons. The minimum Gasteiger partial charge on any atom is -0.382 e. The van der Waals surface area contributed by atoms with Crippen LogP contribution in [-0.4, -0.2) is 29.5 Å². The highest BCUT2D eigenvalue weighted by Gasteiger charge is 2.07. The molecule has 0 spiro atoms. The van der Waals surface area contributed by atoms with E-state index in [0.717, 1.165) is 26.0 Å². The van der Waals surface area contributed by atoms with Crippen molar-refractivity contribution in [3.63, 3.8) is 0 Å². The van der Waals surface area contributed by atoms with Crippen molar-refractivity contribution in [1.29, 1.82) is 0 Å². The minimum atomic E-state index is -0.285. The predicted octanol–water partition coefficient (Wildman–Crippen LogP) is 1.58. The van der Waals surface area contributed by atoms with Gasteiger partial charge >= 0.3 is 0 Å². The Morgan fingerprint density at radius 3 is 3.17 bits per heavy atom. The largest absolute Gasteiger partial charge is 0.382 e. The van der Waals surface area contributed by atoms with Crippen LogP contribution in [0.4, 0.5) is 5.69 Å². The van der Waals surface area contributed by atoms with Crippen LogP contribution in [0.3, 0.4) is 0 Å². The molecule has 2 rings (SSSR count). The molecule has 6 heteroatoms. The molecule has 1 aliphatic rings. The summed E-state index contributed by atoms with van der Waals surface area (Å²) in [5.74, 6) is 0. The molecule has 98 valence electrons. The first kappa shape index (κ1) is 13.1. The first-order chi connectivity index (χ1) is 8.68. The molecule has 0 aliphatic carbocycles. The fraction of sp³-hybridized carbons (Fsp3) is 0.500. The summed E-state index contributed by atoms with van der Waals surface area (Å²) >= 11 is 5.95. The second-order valence-electron chi connectivity index (χ2n) is 4.17. The second-order valence-corrected chi connectivity index (χ2v) is 4.54. The van der Waals surface area contributed by atoms with Crippen molar-refractivity contribution in [1.82, 2.24) is 9.78 Å². The molecule has 0 unspecified atom stereocenters. The lowest BCUT2D eigenvalue weighted by atomic mass is 10.1. The van der Waals surface area contributed by atoms with Crippen LogP contribution in [0.2, 0.25) is 5.02 Å². The molecule has 1 aromatic rings. The zero-order valence-electron chi connectivity index (χ0n) is 10.3. The molecule has 18 heavy (non-hydrogen) atoms. The first-order valence-electron chi connectivity index (χ1n) is 5.90. The van der Waals surface area contributed by atoms with E-state index in [1.165, 1.54) is 10.3 Å². The lowest BCUT2D eigenvalue weighted by Crippen LogP contribution is -2.21. The van der Waals surface area contributed by atoms with Crippen molar-refractivity contribution >= 4 is 17.3 Å². The van der Waals surface area contributed by atoms with Gasteiger partial charge in [0.2, 0.25) is 0 Å². The van der Waals surface area contributed by atoms with E-state index < -0.39 is 0 Å². The quantitative estimate of drug-likeness (QED) is 0.844. The molecule has 0 bridgehead atoms. The van der Waals surface area contributed by atoms with Crippen molar-refractivity contribution < 1.29 is 4.74 Å². The van der Waals surface area contributed by atoms with Gasteiger partial charge in [-0.15, -0.1) is 0 Å². The van der Waals surface area contributed by atoms with Crippen LogP contribution < -0.4 is 10.9 Å². The highest BCUT2D eigenvalue weighted by Crippen LogP contribution is 2.16. The number of halogens is 1. The number of nitrogens with one attached hydrogen (secondary N) is 1. The van der Waals surface area contributed by atoms with Crippen molar-refractivity contribution in [2.24, 2.45) is 7.05 Å². The van der Waals surface area contributed by atoms with E-state index in [1.54, 1.807) is 13.2 Å². The zero-order chi connectivity index (χ0) is 13.0. The molecule has 1 aromatic heterocycles. The van der Waals surface area contributed by atoms with Crippen LogP contribution >= 0.6 is 11.6 Å². The second kappa shape index (κ2) is 6.02. The van der Waals surface area contributed by atoms with Crippen LogP contribution in [-0.2, 0) is 11.8 Å². The number of aromatic nitrogens is 2. The van der Waals surface area contributed by atoms with Gasteiger partial charge in [0.1, 0.15) is 5.02 Å². The normalized spacial score (nSPS) is 15.3. The summed E-state index contributed by atoms with van der Waals surface area (Å²) in [4.78, 5) is 11.6. The fourth-order valence-electron chi connectivity index (χ4n) is 1.78. The van der Waals surface area contributed by atoms with Gasteiger partial charge < -0.3 is 10.1 Å². The summed E-state index contributed by atoms with van der Waals surface area (Å²) in [5, 5.41) is 7.25. The highest BCUT2D eigenvalue weighted by molar-refractivity contribution is 6.32. The van der Waals surface area contributed by atoms with Crippen molar-refractivity contribution in [2.45, 2.75) is 12.8 Å². The molecule has 5 nitrogen and oxygen atoms in total. The van der Waals surface area contributed by atoms with Crippen LogP contribution in [0.1, 0.15) is 12.8 Å². The smallest absolute Gasteiger partial charge is 0.287 e. The maximum absolute atomic E-state index is 11.6. The Balaban J connectivity index is 1.92. The molecule has 1 aliphatic heterocycles. The number of hydrogen-bond donors (Lipinski definition) is 1. The van der Waals surface area contributed by atoms with Crippen molar-refractivity contribution in [3.05, 3.63) is 33.2 Å². The van der Waals surface area contributed by atoms with Crippen LogP contribution in [0, 0.1) is 0 Å². The number of rotatable bonds is 4. The molecule has 0 aromatic carbocycles. The summed E-state index contributed by atoms with van der Waals surface area (Å²) in [5.41, 5.74) is 1.68. The summed E-state index contributed by atoms with van der Waals surface area (Å²) in [6.45, 7) is 2.23. The third-order valence-corrected chi connectivity index (χ3v) is 3.26. The topological polar surface area (TPSA) is 56.1 Å². The predicted molar refractivity (Wildman–Crippen MR) is 71.1 cm³/mol. The van der Waals surface area contributed by atoms with E-state index in [0.29, 0.717) is 12.3 Å². The molecule has 1 N–H and O–H groups in total. The Morgan fingerprint density at radius 1 is 1.61 bits per heavy atom. The summed E-state index contributed by atoms with van der Waals surface area (Å²) in [6.07, 6.45) is 5.58. The molecule has 2 heterocycles. The van der Waals surface area contributed by atoms with Crippen LogP contribution in [0.15, 0.2) is 22.6 Å². The molecular weight excluding hydrogens is 254 g/mol. The van der Waals surface area contributed by atoms with Gasteiger partial charge in [0, 0.05) is 13.6 Å². The van der Waals surface area contributed by atoms with Crippen LogP contribution in [0.25, 0.3) is 0 Å². The Hall–Kier alpha value is -1.33. The van der Waals surface area contributed by atoms with E-state index in [1.807, 2.05) is 0 Å². The van der Waals surface area contributed by atoms with Crippen molar-refractivity contribution in [3.8, 4) is 0 Å². The van der Waals surface area contributed by atoms with Gasteiger partial charge in [-0.25, -0.2) is 4.68 Å². The van der Waals surface area contributed by atoms with Gasteiger partial charge in [-0.2, -0.15) is 5.10 Å². The highest BCUT2D eigenvalue weighted by atomic mass is 35.5. The molecule has 0 atom stereocenters. The van der Waals surface area contributed by atoms with Gasteiger partial charge in [-0.05, 0) is 12.8 Å². The molecule has 0 amide bonds. The average molecular weight is 270 g/mol. The molecule has 0 saturated heterocycles. The van der Waals surface area contributed by atoms with Gasteiger partial charge in [0.25, 0.3) is 5.56 Å². The fourth-order valence-corrected chi connectivity index (χ4v) is 2.02. The van der Waals surface area contributed by atoms with Gasteiger partial charge in [0.05, 0.1) is 25.1 Å². The number of aryl methyl sites for hydroxylation is 1. The lowest BCUT2D eigenvalue weighted by molar-refractivity contribution is 0.153. The van der Waals surface area contributed by atoms with E-state index in [2.05, 4.69) is 16.5 Å². The Morgan fingerprint density at radius 2 is 2.44 bits per heavy atom. The maximum Gasteiger partial charge on any atom is 0.287 e. The standard InChI is InChI=1S/C12H16ClN3O2/c1-16-12(17)11(13)10(8-15-16)14-5-2-9-3-6-18-7-4-9/h3,8,14H,2,4-7H2,1H3. The third-order valence-electron chi connectivity index (χ3n) is 2.90. The van der Waals surface area contributed by atoms with Gasteiger partial charge in [0.15, 0.2) is 0 Å². The summed E-state index contributed by atoms with van der Waals surface area (Å²) in [7, 11) is 1.57.